The summed E-state index contributed by atoms with van der Waals surface area (Å²) in [6.07, 6.45) is -2.43. The van der Waals surface area contributed by atoms with Crippen LogP contribution in [-0.2, 0) is 0 Å². The van der Waals surface area contributed by atoms with Crippen LogP contribution in [0.4, 0.5) is 8.78 Å². The second-order valence-corrected chi connectivity index (χ2v) is 4.62. The van der Waals surface area contributed by atoms with E-state index in [2.05, 4.69) is 0 Å². The van der Waals surface area contributed by atoms with E-state index in [-0.39, 0.29) is 5.56 Å². The van der Waals surface area contributed by atoms with Gasteiger partial charge in [0.15, 0.2) is 0 Å². The molecular weight excluding hydrogens is 226 g/mol. The summed E-state index contributed by atoms with van der Waals surface area (Å²) in [6, 6.07) is 5.10. The Balaban J connectivity index is 2.83. The second kappa shape index (κ2) is 3.48. The molecule has 0 atom stereocenters. The van der Waals surface area contributed by atoms with E-state index in [0.717, 1.165) is 4.70 Å². The highest BCUT2D eigenvalue weighted by Gasteiger charge is 2.18. The Bertz CT molecular complexity index is 476. The molecule has 0 amide bonds. The molecule has 74 valence electrons. The number of hydrogen-bond acceptors (Lipinski definition) is 1. The van der Waals surface area contributed by atoms with Gasteiger partial charge >= 0.3 is 0 Å². The molecule has 0 aliphatic carbocycles. The first-order valence-corrected chi connectivity index (χ1v) is 5.26. The summed E-state index contributed by atoms with van der Waals surface area (Å²) in [6.45, 7) is 1.70. The summed E-state index contributed by atoms with van der Waals surface area (Å²) in [5.74, 6) is 0. The second-order valence-electron chi connectivity index (χ2n) is 2.99. The van der Waals surface area contributed by atoms with Crippen LogP contribution >= 0.6 is 22.9 Å². The van der Waals surface area contributed by atoms with Crippen molar-refractivity contribution in [3.8, 4) is 0 Å². The van der Waals surface area contributed by atoms with E-state index in [1.165, 1.54) is 11.3 Å². The summed E-state index contributed by atoms with van der Waals surface area (Å²) in [4.78, 5) is 0.642. The number of thiophene rings is 1. The lowest BCUT2D eigenvalue weighted by atomic mass is 10.1. The van der Waals surface area contributed by atoms with E-state index >= 15 is 0 Å². The van der Waals surface area contributed by atoms with Crippen LogP contribution in [-0.4, -0.2) is 0 Å². The minimum absolute atomic E-state index is 0.118. The zero-order valence-corrected chi connectivity index (χ0v) is 8.92. The van der Waals surface area contributed by atoms with E-state index in [4.69, 9.17) is 11.6 Å². The van der Waals surface area contributed by atoms with Gasteiger partial charge in [0.05, 0.1) is 9.72 Å². The van der Waals surface area contributed by atoms with Gasteiger partial charge in [-0.25, -0.2) is 8.78 Å². The maximum Gasteiger partial charge on any atom is 0.265 e. The lowest BCUT2D eigenvalue weighted by Crippen LogP contribution is -1.83. The first kappa shape index (κ1) is 9.87. The molecule has 1 aromatic carbocycles. The molecule has 0 spiro atoms. The average molecular weight is 233 g/mol. The third-order valence-electron chi connectivity index (χ3n) is 2.11. The van der Waals surface area contributed by atoms with E-state index in [9.17, 15) is 8.78 Å². The third kappa shape index (κ3) is 1.41. The first-order valence-electron chi connectivity index (χ1n) is 4.07. The molecule has 0 N–H and O–H groups in total. The Morgan fingerprint density at radius 3 is 2.71 bits per heavy atom. The van der Waals surface area contributed by atoms with Crippen molar-refractivity contribution >= 4 is 33.0 Å². The van der Waals surface area contributed by atoms with E-state index in [1.807, 2.05) is 0 Å². The minimum Gasteiger partial charge on any atom is -0.205 e. The van der Waals surface area contributed by atoms with Gasteiger partial charge in [-0.3, -0.25) is 0 Å². The standard InChI is InChI=1S/C10H7ClF2S/c1-5-8(10(12)13)6-3-2-4-7(11)9(6)14-5/h2-4,10H,1H3. The van der Waals surface area contributed by atoms with Gasteiger partial charge in [0.25, 0.3) is 6.43 Å². The van der Waals surface area contributed by atoms with Crippen molar-refractivity contribution < 1.29 is 8.78 Å². The number of benzene rings is 1. The Kier molecular flexibility index (Phi) is 2.45. The van der Waals surface area contributed by atoms with Gasteiger partial charge in [-0.05, 0) is 13.0 Å². The van der Waals surface area contributed by atoms with Crippen LogP contribution in [0.2, 0.25) is 5.02 Å². The Morgan fingerprint density at radius 1 is 1.36 bits per heavy atom. The molecule has 0 aliphatic heterocycles. The fourth-order valence-electron chi connectivity index (χ4n) is 1.49. The maximum absolute atomic E-state index is 12.7. The zero-order valence-electron chi connectivity index (χ0n) is 7.35. The molecule has 0 aliphatic rings. The molecule has 1 heterocycles. The van der Waals surface area contributed by atoms with Crippen molar-refractivity contribution in [3.63, 3.8) is 0 Å². The highest BCUT2D eigenvalue weighted by Crippen LogP contribution is 2.39. The van der Waals surface area contributed by atoms with Crippen molar-refractivity contribution in [1.29, 1.82) is 0 Å². The molecule has 0 saturated carbocycles. The van der Waals surface area contributed by atoms with Crippen LogP contribution < -0.4 is 0 Å². The highest BCUT2D eigenvalue weighted by atomic mass is 35.5. The average Bonchev–Trinajstić information content (AvgIpc) is 2.42. The van der Waals surface area contributed by atoms with Gasteiger partial charge in [0.1, 0.15) is 0 Å². The Labute approximate surface area is 89.1 Å². The quantitative estimate of drug-likeness (QED) is 0.663. The number of alkyl halides is 2. The number of hydrogen-bond donors (Lipinski definition) is 0. The predicted octanol–water partition coefficient (Wildman–Crippen LogP) is 4.80. The SMILES string of the molecule is Cc1sc2c(Cl)cccc2c1C(F)F. The van der Waals surface area contributed by atoms with Gasteiger partial charge in [-0.15, -0.1) is 11.3 Å². The maximum atomic E-state index is 12.7. The molecule has 0 fully saturated rings. The lowest BCUT2D eigenvalue weighted by molar-refractivity contribution is 0.153. The van der Waals surface area contributed by atoms with Crippen LogP contribution in [0.1, 0.15) is 16.9 Å². The fraction of sp³-hybridized carbons (Fsp3) is 0.200. The van der Waals surface area contributed by atoms with Crippen molar-refractivity contribution in [3.05, 3.63) is 33.7 Å². The van der Waals surface area contributed by atoms with Crippen LogP contribution in [0, 0.1) is 6.92 Å². The predicted molar refractivity (Wildman–Crippen MR) is 56.5 cm³/mol. The third-order valence-corrected chi connectivity index (χ3v) is 3.71. The summed E-state index contributed by atoms with van der Waals surface area (Å²) in [7, 11) is 0. The number of halogens is 3. The minimum atomic E-state index is -2.43. The van der Waals surface area contributed by atoms with Crippen LogP contribution in [0.25, 0.3) is 10.1 Å². The van der Waals surface area contributed by atoms with Gasteiger partial charge in [0, 0.05) is 15.8 Å². The number of aryl methyl sites for hydroxylation is 1. The summed E-state index contributed by atoms with van der Waals surface area (Å²) in [5, 5.41) is 1.12. The largest absolute Gasteiger partial charge is 0.265 e. The molecule has 0 radical (unpaired) electrons. The monoisotopic (exact) mass is 232 g/mol. The Hall–Kier alpha value is -0.670. The van der Waals surface area contributed by atoms with Crippen LogP contribution in [0.3, 0.4) is 0 Å². The number of rotatable bonds is 1. The van der Waals surface area contributed by atoms with E-state index < -0.39 is 6.43 Å². The van der Waals surface area contributed by atoms with Gasteiger partial charge in [0.2, 0.25) is 0 Å². The van der Waals surface area contributed by atoms with E-state index in [1.54, 1.807) is 25.1 Å². The smallest absolute Gasteiger partial charge is 0.205 e. The van der Waals surface area contributed by atoms with Gasteiger partial charge in [-0.1, -0.05) is 23.7 Å². The van der Waals surface area contributed by atoms with Gasteiger partial charge in [-0.2, -0.15) is 0 Å². The van der Waals surface area contributed by atoms with Crippen molar-refractivity contribution in [2.45, 2.75) is 13.3 Å². The van der Waals surface area contributed by atoms with Crippen LogP contribution in [0.5, 0.6) is 0 Å². The van der Waals surface area contributed by atoms with Crippen molar-refractivity contribution in [1.82, 2.24) is 0 Å². The Morgan fingerprint density at radius 2 is 2.07 bits per heavy atom. The van der Waals surface area contributed by atoms with Crippen molar-refractivity contribution in [2.24, 2.45) is 0 Å². The molecule has 4 heteroatoms. The molecule has 0 unspecified atom stereocenters. The summed E-state index contributed by atoms with van der Waals surface area (Å²) < 4.78 is 26.1. The van der Waals surface area contributed by atoms with Gasteiger partial charge < -0.3 is 0 Å². The lowest BCUT2D eigenvalue weighted by Gasteiger charge is -1.98. The highest BCUT2D eigenvalue weighted by molar-refractivity contribution is 7.19. The molecule has 1 aromatic heterocycles. The fourth-order valence-corrected chi connectivity index (χ4v) is 2.85. The first-order chi connectivity index (χ1) is 6.61. The zero-order chi connectivity index (χ0) is 10.3. The van der Waals surface area contributed by atoms with E-state index in [0.29, 0.717) is 15.3 Å². The topological polar surface area (TPSA) is 0 Å². The molecule has 14 heavy (non-hydrogen) atoms. The molecular formula is C10H7ClF2S. The molecule has 0 bridgehead atoms. The molecule has 0 saturated heterocycles. The normalized spacial score (nSPS) is 11.5. The van der Waals surface area contributed by atoms with Crippen molar-refractivity contribution in [2.75, 3.05) is 0 Å². The van der Waals surface area contributed by atoms with Crippen LogP contribution in [0.15, 0.2) is 18.2 Å². The number of fused-ring (bicyclic) bond motifs is 1. The molecule has 2 rings (SSSR count). The molecule has 0 nitrogen and oxygen atoms in total. The summed E-state index contributed by atoms with van der Waals surface area (Å²) >= 11 is 7.23. The molecule has 2 aromatic rings. The summed E-state index contributed by atoms with van der Waals surface area (Å²) in [5.41, 5.74) is 0.118.